The summed E-state index contributed by atoms with van der Waals surface area (Å²) in [6, 6.07) is 0. The molecule has 0 amide bonds. The second-order valence-corrected chi connectivity index (χ2v) is 14.9. The highest BCUT2D eigenvalue weighted by Crippen LogP contribution is 2.66. The third kappa shape index (κ3) is 9.30. The molecule has 0 bridgehead atoms. The van der Waals surface area contributed by atoms with E-state index in [9.17, 15) is 159 Å². The van der Waals surface area contributed by atoms with Gasteiger partial charge in [-0.3, -0.25) is 0 Å². The fraction of sp³-hybridized carbons (Fsp3) is 1.00. The van der Waals surface area contributed by atoms with E-state index in [1.807, 2.05) is 0 Å². The van der Waals surface area contributed by atoms with Crippen molar-refractivity contribution in [3.8, 4) is 0 Å². The van der Waals surface area contributed by atoms with Gasteiger partial charge in [-0.15, -0.1) is 0 Å². The van der Waals surface area contributed by atoms with E-state index >= 15 is 0 Å². The van der Waals surface area contributed by atoms with Crippen molar-refractivity contribution in [2.24, 2.45) is 5.41 Å². The summed E-state index contributed by atoms with van der Waals surface area (Å²) in [5.41, 5.74) is -2.59. The van der Waals surface area contributed by atoms with Crippen LogP contribution in [0, 0.1) is 5.41 Å². The molecule has 380 valence electrons. The van der Waals surface area contributed by atoms with E-state index < -0.39 is 173 Å². The second kappa shape index (κ2) is 17.4. The maximum atomic E-state index is 14.1. The van der Waals surface area contributed by atoms with Crippen molar-refractivity contribution >= 4 is 23.5 Å². The molecular weight excluding hydrogens is 1040 g/mol. The first-order valence-electron chi connectivity index (χ1n) is 14.8. The van der Waals surface area contributed by atoms with Gasteiger partial charge in [-0.05, 0) is 11.5 Å². The molecule has 0 saturated heterocycles. The average Bonchev–Trinajstić information content (AvgIpc) is 3.08. The highest BCUT2D eigenvalue weighted by Gasteiger charge is 2.96. The van der Waals surface area contributed by atoms with Crippen LogP contribution in [0.3, 0.4) is 0 Å². The van der Waals surface area contributed by atoms with E-state index in [2.05, 4.69) is 0 Å². The van der Waals surface area contributed by atoms with Crippen LogP contribution in [0.15, 0.2) is 0 Å². The van der Waals surface area contributed by atoms with Crippen molar-refractivity contribution in [1.29, 1.82) is 0 Å². The van der Waals surface area contributed by atoms with Crippen LogP contribution >= 0.6 is 23.5 Å². The quantitative estimate of drug-likeness (QED) is 0.0747. The van der Waals surface area contributed by atoms with E-state index in [4.69, 9.17) is 0 Å². The van der Waals surface area contributed by atoms with Gasteiger partial charge in [0.25, 0.3) is 0 Å². The van der Waals surface area contributed by atoms with Crippen LogP contribution in [-0.4, -0.2) is 142 Å². The Hall–Kier alpha value is -1.76. The number of thioether (sulfide) groups is 2. The van der Waals surface area contributed by atoms with Crippen LogP contribution in [0.2, 0.25) is 0 Å². The summed E-state index contributed by atoms with van der Waals surface area (Å²) in [5.74, 6) is -125. The zero-order valence-corrected chi connectivity index (χ0v) is 30.4. The smallest absolute Gasteiger partial charge is 0.396 e. The standard InChI is InChI=1S/C25H18F34O2S2/c26-10(27,12(30,31)14(34,35)16(38,39)18(42,43)20(46,47)22(50,51)24(54,55)56)1-3-62-7-9(5-60,6-61)8-63-4-2-11(28,29)13(32,33)15(36,37)17(40,41)19(44,45)21(48,49)23(52,53)25(57,58)59/h60-61H,1-8H2. The predicted molar refractivity (Wildman–Crippen MR) is 142 cm³/mol. The number of aliphatic hydroxyl groups excluding tert-OH is 2. The molecule has 0 fully saturated rings. The van der Waals surface area contributed by atoms with E-state index in [0.717, 1.165) is 0 Å². The Morgan fingerprint density at radius 1 is 0.254 bits per heavy atom. The molecule has 0 aliphatic heterocycles. The molecular formula is C25H18F34O2S2. The molecule has 0 aromatic heterocycles. The molecule has 0 aromatic rings. The van der Waals surface area contributed by atoms with Gasteiger partial charge in [-0.2, -0.15) is 173 Å². The molecule has 63 heavy (non-hydrogen) atoms. The van der Waals surface area contributed by atoms with E-state index in [0.29, 0.717) is 0 Å². The Balaban J connectivity index is 6.17. The lowest BCUT2D eigenvalue weighted by atomic mass is 9.88. The minimum absolute atomic E-state index is 0.510. The maximum Gasteiger partial charge on any atom is 0.460 e. The van der Waals surface area contributed by atoms with Gasteiger partial charge in [0.2, 0.25) is 0 Å². The number of rotatable bonds is 24. The maximum absolute atomic E-state index is 14.1. The Morgan fingerprint density at radius 3 is 0.603 bits per heavy atom. The van der Waals surface area contributed by atoms with Gasteiger partial charge in [0, 0.05) is 29.8 Å². The van der Waals surface area contributed by atoms with Gasteiger partial charge < -0.3 is 10.2 Å². The van der Waals surface area contributed by atoms with Gasteiger partial charge >= 0.3 is 95.3 Å². The molecule has 0 aromatic carbocycles. The number of halogens is 34. The highest BCUT2D eigenvalue weighted by molar-refractivity contribution is 8.00. The minimum atomic E-state index is -8.95. The van der Waals surface area contributed by atoms with Gasteiger partial charge in [0.05, 0.1) is 13.2 Å². The normalized spacial score (nSPS) is 16.6. The Labute approximate surface area is 333 Å². The van der Waals surface area contributed by atoms with Crippen LogP contribution in [-0.2, 0) is 0 Å². The molecule has 0 radical (unpaired) electrons. The first kappa shape index (κ1) is 61.2. The monoisotopic (exact) mass is 1060 g/mol. The molecule has 0 atom stereocenters. The molecule has 38 heteroatoms. The van der Waals surface area contributed by atoms with Crippen LogP contribution in [0.1, 0.15) is 12.8 Å². The summed E-state index contributed by atoms with van der Waals surface area (Å²) < 4.78 is 456. The largest absolute Gasteiger partial charge is 0.460 e. The summed E-state index contributed by atoms with van der Waals surface area (Å²) in [6.45, 7) is -3.37. The van der Waals surface area contributed by atoms with Crippen molar-refractivity contribution in [1.82, 2.24) is 0 Å². The van der Waals surface area contributed by atoms with E-state index in [1.54, 1.807) is 0 Å². The van der Waals surface area contributed by atoms with Crippen molar-refractivity contribution in [2.45, 2.75) is 108 Å². The molecule has 2 nitrogen and oxygen atoms in total. The van der Waals surface area contributed by atoms with Gasteiger partial charge in [-0.1, -0.05) is 0 Å². The van der Waals surface area contributed by atoms with E-state index in [1.165, 1.54) is 0 Å². The first-order valence-corrected chi connectivity index (χ1v) is 17.1. The predicted octanol–water partition coefficient (Wildman–Crippen LogP) is 12.2. The van der Waals surface area contributed by atoms with Gasteiger partial charge in [0.1, 0.15) is 0 Å². The number of hydrogen-bond acceptors (Lipinski definition) is 4. The Kier molecular flexibility index (Phi) is 16.9. The van der Waals surface area contributed by atoms with Crippen LogP contribution in [0.25, 0.3) is 0 Å². The summed E-state index contributed by atoms with van der Waals surface area (Å²) >= 11 is -1.02. The number of alkyl halides is 34. The van der Waals surface area contributed by atoms with Gasteiger partial charge in [-0.25, -0.2) is 0 Å². The van der Waals surface area contributed by atoms with Crippen molar-refractivity contribution in [2.75, 3.05) is 36.2 Å². The number of aliphatic hydroxyl groups is 2. The van der Waals surface area contributed by atoms with Crippen LogP contribution < -0.4 is 0 Å². The Morgan fingerprint density at radius 2 is 0.429 bits per heavy atom. The molecule has 0 aliphatic carbocycles. The molecule has 0 heterocycles. The molecule has 0 saturated carbocycles. The SMILES string of the molecule is OCC(CO)(CSCCC(F)(F)C(F)(F)C(F)(F)C(F)(F)C(F)(F)C(F)(F)C(F)(F)C(F)(F)F)CSCCC(F)(F)C(F)(F)C(F)(F)C(F)(F)C(F)(F)C(F)(F)C(F)(F)C(F)(F)F. The van der Waals surface area contributed by atoms with Crippen LogP contribution in [0.5, 0.6) is 0 Å². The zero-order valence-electron chi connectivity index (χ0n) is 28.7. The summed E-state index contributed by atoms with van der Waals surface area (Å²) in [4.78, 5) is 0. The highest BCUT2D eigenvalue weighted by atomic mass is 32.2. The topological polar surface area (TPSA) is 40.5 Å². The average molecular weight is 1060 g/mol. The van der Waals surface area contributed by atoms with Crippen LogP contribution in [0.4, 0.5) is 149 Å². The van der Waals surface area contributed by atoms with Crippen molar-refractivity contribution in [3.05, 3.63) is 0 Å². The molecule has 0 rings (SSSR count). The summed E-state index contributed by atoms with van der Waals surface area (Å²) in [5, 5.41) is 18.9. The zero-order chi connectivity index (χ0) is 51.6. The third-order valence-corrected chi connectivity index (χ3v) is 10.8. The molecule has 0 spiro atoms. The van der Waals surface area contributed by atoms with E-state index in [-0.39, 0.29) is 0 Å². The number of hydrogen-bond donors (Lipinski definition) is 2. The first-order chi connectivity index (χ1) is 27.0. The lowest BCUT2D eigenvalue weighted by Gasteiger charge is -2.42. The summed E-state index contributed by atoms with van der Waals surface area (Å²) in [7, 11) is 0. The second-order valence-electron chi connectivity index (χ2n) is 12.7. The fourth-order valence-electron chi connectivity index (χ4n) is 3.96. The Bertz CT molecular complexity index is 1420. The minimum Gasteiger partial charge on any atom is -0.396 e. The van der Waals surface area contributed by atoms with Crippen molar-refractivity contribution in [3.63, 3.8) is 0 Å². The fourth-order valence-corrected chi connectivity index (χ4v) is 6.61. The molecule has 2 N–H and O–H groups in total. The lowest BCUT2D eigenvalue weighted by Crippen LogP contribution is -2.74. The van der Waals surface area contributed by atoms with Gasteiger partial charge in [0.15, 0.2) is 0 Å². The molecule has 0 unspecified atom stereocenters. The summed E-state index contributed by atoms with van der Waals surface area (Å²) in [6.07, 6.45) is -22.2. The third-order valence-electron chi connectivity index (χ3n) is 8.18. The lowest BCUT2D eigenvalue weighted by molar-refractivity contribution is -0.461. The van der Waals surface area contributed by atoms with Crippen molar-refractivity contribution < 1.29 is 159 Å². The molecule has 0 aliphatic rings.